The van der Waals surface area contributed by atoms with Crippen molar-refractivity contribution < 1.29 is 108 Å². The van der Waals surface area contributed by atoms with Crippen LogP contribution >= 0.6 is 21.6 Å². The Bertz CT molecular complexity index is 2490. The molecule has 0 amide bonds. The van der Waals surface area contributed by atoms with Crippen LogP contribution in [-0.4, -0.2) is 190 Å². The molecule has 30 heteroatoms. The summed E-state index contributed by atoms with van der Waals surface area (Å²) in [5.41, 5.74) is 37.6. The molecule has 2 aliphatic carbocycles. The van der Waals surface area contributed by atoms with E-state index in [0.717, 1.165) is 111 Å². The number of nitrogens with two attached hydrogens (primary N) is 6. The zero-order valence-corrected chi connectivity index (χ0v) is 56.5. The summed E-state index contributed by atoms with van der Waals surface area (Å²) < 4.78 is 31.9. The van der Waals surface area contributed by atoms with Gasteiger partial charge in [-0.1, -0.05) is 77.3 Å². The molecule has 0 bridgehead atoms. The molecule has 1 saturated carbocycles. The van der Waals surface area contributed by atoms with Crippen LogP contribution in [-0.2, 0) is 62.0 Å². The van der Waals surface area contributed by atoms with E-state index in [4.69, 9.17) is 104 Å². The number of aliphatic hydroxyl groups excluding tert-OH is 1. The number of nitrogen functional groups attached to an aromatic ring is 1. The number of fused-ring (bicyclic) bond motifs is 3. The van der Waals surface area contributed by atoms with Crippen LogP contribution in [0.1, 0.15) is 171 Å². The lowest BCUT2D eigenvalue weighted by molar-refractivity contribution is -0.222. The number of carbonyl (C=O) groups is 8. The third-order valence-electron chi connectivity index (χ3n) is 14.6. The van der Waals surface area contributed by atoms with Crippen molar-refractivity contribution in [2.24, 2.45) is 40.5 Å². The van der Waals surface area contributed by atoms with Gasteiger partial charge >= 0.3 is 47.9 Å². The molecule has 542 valence electrons. The third kappa shape index (κ3) is 43.6. The van der Waals surface area contributed by atoms with Gasteiger partial charge in [0.25, 0.3) is 0 Å². The van der Waals surface area contributed by atoms with Gasteiger partial charge in [-0.3, -0.25) is 28.8 Å². The maximum Gasteiger partial charge on any atom is 0.505 e. The number of carboxylic acid groups (broad SMARTS) is 7. The predicted molar refractivity (Wildman–Crippen MR) is 362 cm³/mol. The summed E-state index contributed by atoms with van der Waals surface area (Å²) >= 11 is 0. The van der Waals surface area contributed by atoms with Gasteiger partial charge in [-0.05, 0) is 150 Å². The SMILES string of the molecule is C=CCC(CCN)C(=O)O.NCC1CCCC(OCC(=O)O)O1.NCCC1CCCCC12OCC(CC(=O)O)O2.NCCCCCC(=O)OCCCCCC(=O)O.NCCSSCCC(=O)O.Nc1ccc2c(c1)C(COC(=O)O)c1ccccc1-2.O=C(O)CCCCCO. The first-order valence-electron chi connectivity index (χ1n) is 32.3. The molecular weight excluding hydrogens is 1280 g/mol. The van der Waals surface area contributed by atoms with Crippen LogP contribution in [0.15, 0.2) is 55.1 Å². The molecule has 2 aromatic carbocycles. The van der Waals surface area contributed by atoms with Crippen molar-refractivity contribution in [1.29, 1.82) is 0 Å². The maximum absolute atomic E-state index is 11.2. The van der Waals surface area contributed by atoms with Gasteiger partial charge in [0.2, 0.25) is 0 Å². The van der Waals surface area contributed by atoms with Crippen LogP contribution < -0.4 is 34.4 Å². The number of hydrogen-bond acceptors (Lipinski definition) is 23. The molecule has 28 nitrogen and oxygen atoms in total. The minimum Gasteiger partial charge on any atom is -0.481 e. The highest BCUT2D eigenvalue weighted by Crippen LogP contribution is 2.46. The number of ether oxygens (including phenoxy) is 6. The number of carboxylic acids is 6. The van der Waals surface area contributed by atoms with E-state index in [-0.39, 0.29) is 75.5 Å². The molecule has 7 atom stereocenters. The molecule has 0 radical (unpaired) electrons. The standard InChI is InChI=1S/C15H13NO3.C12H21NO4.C12H23NO4.C8H15NO4.C7H13NO2.C6H12O3.C5H11NO2S2/c16-9-5-6-12-10-3-1-2-4-11(10)14(13(12)7-9)8-19-15(17)18;13-6-4-9-3-1-2-5-12(9)16-8-10(17-12)7-11(14)15;13-9-5-1-4-8-12(16)17-10-6-2-3-7-11(14)15;9-4-6-2-1-3-8(13-6)12-5-7(10)11;1-2-3-6(4-5-8)7(9)10;7-5-3-1-2-4-6(8)9;6-2-4-10-9-3-1-5(7)8/h1-7,14H,8,16H2,(H,17,18);9-10H,1-8,13H2,(H,14,15);1-10,13H2,(H,14,15);6,8H,1-5,9H2,(H,10,11);2,6H,1,3-5,8H2,(H,9,10);7H,1-5H2,(H,8,9);1-4,6H2,(H,7,8). The Morgan fingerprint density at radius 2 is 1.31 bits per heavy atom. The lowest BCUT2D eigenvalue weighted by Gasteiger charge is -2.39. The number of anilines is 1. The molecule has 4 aliphatic rings. The Hall–Kier alpha value is -6.16. The molecule has 1 spiro atoms. The van der Waals surface area contributed by atoms with Crippen molar-refractivity contribution in [2.75, 3.05) is 83.0 Å². The molecule has 0 aromatic heterocycles. The lowest BCUT2D eigenvalue weighted by atomic mass is 9.81. The van der Waals surface area contributed by atoms with Crippen molar-refractivity contribution in [1.82, 2.24) is 0 Å². The number of unbranched alkanes of at least 4 members (excludes halogenated alkanes) is 6. The highest BCUT2D eigenvalue weighted by molar-refractivity contribution is 8.76. The van der Waals surface area contributed by atoms with E-state index in [0.29, 0.717) is 102 Å². The number of carbonyl (C=O) groups excluding carboxylic acids is 1. The smallest absolute Gasteiger partial charge is 0.481 e. The van der Waals surface area contributed by atoms with Gasteiger partial charge in [-0.25, -0.2) is 9.59 Å². The van der Waals surface area contributed by atoms with E-state index in [1.165, 1.54) is 6.42 Å². The van der Waals surface area contributed by atoms with Crippen molar-refractivity contribution in [3.63, 3.8) is 0 Å². The fourth-order valence-corrected chi connectivity index (χ4v) is 11.8. The molecule has 7 unspecified atom stereocenters. The summed E-state index contributed by atoms with van der Waals surface area (Å²) in [5.74, 6) is -4.11. The monoisotopic (exact) mass is 1390 g/mol. The van der Waals surface area contributed by atoms with E-state index >= 15 is 0 Å². The van der Waals surface area contributed by atoms with Crippen molar-refractivity contribution in [3.05, 3.63) is 66.2 Å². The van der Waals surface area contributed by atoms with Crippen LogP contribution in [0.4, 0.5) is 10.5 Å². The summed E-state index contributed by atoms with van der Waals surface area (Å²) in [7, 11) is 3.19. The first kappa shape index (κ1) is 88.8. The minimum absolute atomic E-state index is 0.0209. The summed E-state index contributed by atoms with van der Waals surface area (Å²) in [6, 6.07) is 13.7. The van der Waals surface area contributed by atoms with Crippen LogP contribution in [0, 0.1) is 11.8 Å². The molecule has 2 heterocycles. The van der Waals surface area contributed by atoms with Crippen molar-refractivity contribution in [3.8, 4) is 11.1 Å². The Kier molecular flexibility index (Phi) is 52.3. The summed E-state index contributed by atoms with van der Waals surface area (Å²) in [6.45, 7) is 7.07. The highest BCUT2D eigenvalue weighted by atomic mass is 33.1. The largest absolute Gasteiger partial charge is 0.505 e. The third-order valence-corrected chi connectivity index (χ3v) is 17.0. The average Bonchev–Trinajstić information content (AvgIpc) is 1.62. The molecule has 2 saturated heterocycles. The Labute approximate surface area is 565 Å². The van der Waals surface area contributed by atoms with Gasteiger partial charge < -0.3 is 104 Å². The second-order valence-corrected chi connectivity index (χ2v) is 25.0. The first-order valence-corrected chi connectivity index (χ1v) is 34.8. The fraction of sp³-hybridized carbons (Fsp3) is 0.662. The van der Waals surface area contributed by atoms with E-state index in [1.807, 2.05) is 42.5 Å². The van der Waals surface area contributed by atoms with Gasteiger partial charge in [0.05, 0.1) is 44.2 Å². The van der Waals surface area contributed by atoms with Crippen LogP contribution in [0.5, 0.6) is 0 Å². The van der Waals surface area contributed by atoms with Gasteiger partial charge in [-0.2, -0.15) is 0 Å². The summed E-state index contributed by atoms with van der Waals surface area (Å²) in [5, 5.41) is 67.4. The molecule has 3 fully saturated rings. The Morgan fingerprint density at radius 3 is 1.89 bits per heavy atom. The second kappa shape index (κ2) is 55.9. The zero-order chi connectivity index (χ0) is 71.2. The fourth-order valence-electron chi connectivity index (χ4n) is 9.97. The number of esters is 1. The highest BCUT2D eigenvalue weighted by Gasteiger charge is 2.49. The number of benzene rings is 2. The zero-order valence-electron chi connectivity index (χ0n) is 54.8. The summed E-state index contributed by atoms with van der Waals surface area (Å²) in [6.07, 6.45) is 16.7. The predicted octanol–water partition coefficient (Wildman–Crippen LogP) is 7.86. The topological polar surface area (TPSA) is 510 Å². The van der Waals surface area contributed by atoms with Gasteiger partial charge in [0.1, 0.15) is 13.2 Å². The number of aliphatic carboxylic acids is 6. The quantitative estimate of drug-likeness (QED) is 0.0101. The van der Waals surface area contributed by atoms with E-state index in [2.05, 4.69) is 6.58 Å². The number of aliphatic hydroxyl groups is 1. The van der Waals surface area contributed by atoms with Gasteiger partial charge in [-0.15, -0.1) is 6.58 Å². The van der Waals surface area contributed by atoms with E-state index in [1.54, 1.807) is 27.7 Å². The normalized spacial score (nSPS) is 18.8. The van der Waals surface area contributed by atoms with Crippen LogP contribution in [0.2, 0.25) is 0 Å². The number of rotatable bonds is 37. The molecule has 6 rings (SSSR count). The van der Waals surface area contributed by atoms with E-state index < -0.39 is 54.0 Å². The summed E-state index contributed by atoms with van der Waals surface area (Å²) in [4.78, 5) is 83.1. The van der Waals surface area contributed by atoms with Crippen LogP contribution in [0.3, 0.4) is 0 Å². The number of allylic oxidation sites excluding steroid dienone is 1. The Balaban J connectivity index is 0.00000111. The average molecular weight is 1390 g/mol. The van der Waals surface area contributed by atoms with Crippen LogP contribution in [0.25, 0.3) is 11.1 Å². The lowest BCUT2D eigenvalue weighted by Crippen LogP contribution is -2.43. The van der Waals surface area contributed by atoms with Crippen molar-refractivity contribution in [2.45, 2.75) is 184 Å². The molecule has 95 heavy (non-hydrogen) atoms. The minimum atomic E-state index is -1.25. The van der Waals surface area contributed by atoms with Crippen molar-refractivity contribution >= 4 is 75.2 Å². The van der Waals surface area contributed by atoms with Gasteiger partial charge in [0, 0.05) is 74.4 Å². The van der Waals surface area contributed by atoms with E-state index in [9.17, 15) is 38.4 Å². The maximum atomic E-state index is 11.2. The molecule has 2 aliphatic heterocycles. The molecule has 20 N–H and O–H groups in total. The first-order chi connectivity index (χ1) is 45.5. The Morgan fingerprint density at radius 1 is 0.653 bits per heavy atom. The number of hydrogen-bond donors (Lipinski definition) is 14. The second-order valence-electron chi connectivity index (χ2n) is 22.3. The van der Waals surface area contributed by atoms with Gasteiger partial charge in [0.15, 0.2) is 12.1 Å². The molecule has 2 aromatic rings. The molecular formula is C65H108N6O22S2.